The number of benzene rings is 1. The van der Waals surface area contributed by atoms with Crippen molar-refractivity contribution in [2.45, 2.75) is 45.8 Å². The first-order valence-electron chi connectivity index (χ1n) is 11.3. The molecule has 1 amide bonds. The van der Waals surface area contributed by atoms with E-state index < -0.39 is 5.82 Å². The third-order valence-electron chi connectivity index (χ3n) is 5.45. The zero-order valence-corrected chi connectivity index (χ0v) is 20.5. The number of ether oxygens (including phenoxy) is 3. The molecular weight excluding hydrogens is 473 g/mol. The molecule has 1 aromatic carbocycles. The van der Waals surface area contributed by atoms with E-state index in [4.69, 9.17) is 14.2 Å². The summed E-state index contributed by atoms with van der Waals surface area (Å²) in [5.41, 5.74) is 0.761. The van der Waals surface area contributed by atoms with E-state index in [2.05, 4.69) is 9.97 Å². The maximum absolute atomic E-state index is 14.7. The highest BCUT2D eigenvalue weighted by Gasteiger charge is 2.26. The Morgan fingerprint density at radius 2 is 1.89 bits per heavy atom. The predicted octanol–water partition coefficient (Wildman–Crippen LogP) is 5.40. The van der Waals surface area contributed by atoms with Crippen molar-refractivity contribution < 1.29 is 28.2 Å². The molecule has 0 saturated carbocycles. The molecule has 0 atom stereocenters. The normalized spacial score (nSPS) is 14.1. The zero-order chi connectivity index (χ0) is 24.9. The number of nitrogens with zero attached hydrogens (tertiary/aromatic N) is 3. The Labute approximate surface area is 206 Å². The van der Waals surface area contributed by atoms with Gasteiger partial charge >= 0.3 is 6.09 Å². The smallest absolute Gasteiger partial charge is 0.410 e. The molecule has 1 fully saturated rings. The highest BCUT2D eigenvalue weighted by Crippen LogP contribution is 2.31. The van der Waals surface area contributed by atoms with Crippen molar-refractivity contribution in [2.24, 2.45) is 0 Å². The van der Waals surface area contributed by atoms with Crippen LogP contribution in [0.5, 0.6) is 17.5 Å². The van der Waals surface area contributed by atoms with Crippen molar-refractivity contribution >= 4 is 23.2 Å². The van der Waals surface area contributed by atoms with Crippen LogP contribution in [0.4, 0.5) is 9.18 Å². The van der Waals surface area contributed by atoms with Gasteiger partial charge in [-0.3, -0.25) is 4.79 Å². The number of piperidine rings is 1. The molecule has 0 bridgehead atoms. The van der Waals surface area contributed by atoms with Crippen molar-refractivity contribution in [3.63, 3.8) is 0 Å². The Kier molecular flexibility index (Phi) is 7.60. The molecular formula is C25H26FN3O5S. The topological polar surface area (TPSA) is 90.9 Å². The summed E-state index contributed by atoms with van der Waals surface area (Å²) in [6.07, 6.45) is 1.92. The number of likely N-dealkylation sites (tertiary alicyclic amines) is 1. The van der Waals surface area contributed by atoms with Gasteiger partial charge in [0.25, 0.3) is 0 Å². The van der Waals surface area contributed by atoms with Gasteiger partial charge < -0.3 is 19.1 Å². The summed E-state index contributed by atoms with van der Waals surface area (Å²) in [4.78, 5) is 35.0. The second-order valence-corrected chi connectivity index (χ2v) is 9.35. The molecule has 35 heavy (non-hydrogen) atoms. The highest BCUT2D eigenvalue weighted by atomic mass is 32.1. The first kappa shape index (κ1) is 24.6. The van der Waals surface area contributed by atoms with Gasteiger partial charge in [0.15, 0.2) is 11.6 Å². The minimum absolute atomic E-state index is 0.0579. The summed E-state index contributed by atoms with van der Waals surface area (Å²) >= 11 is 1.30. The number of aromatic nitrogens is 2. The van der Waals surface area contributed by atoms with Crippen LogP contribution in [0.15, 0.2) is 42.0 Å². The lowest BCUT2D eigenvalue weighted by molar-refractivity contribution is 0.0504. The van der Waals surface area contributed by atoms with Crippen molar-refractivity contribution in [1.82, 2.24) is 14.9 Å². The number of carbonyl (C=O) groups excluding carboxylic acids is 2. The van der Waals surface area contributed by atoms with Crippen LogP contribution >= 0.6 is 11.3 Å². The van der Waals surface area contributed by atoms with Crippen LogP contribution in [0.1, 0.15) is 47.5 Å². The summed E-state index contributed by atoms with van der Waals surface area (Å²) in [5.74, 6) is -0.485. The molecule has 184 valence electrons. The second-order valence-electron chi connectivity index (χ2n) is 8.40. The lowest BCUT2D eigenvalue weighted by atomic mass is 10.1. The van der Waals surface area contributed by atoms with Crippen molar-refractivity contribution in [2.75, 3.05) is 13.1 Å². The zero-order valence-electron chi connectivity index (χ0n) is 19.7. The third kappa shape index (κ3) is 5.94. The standard InChI is InChI=1S/C25H26FN3O5S/c1-15(2)32-25(31)29-10-8-18(9-11-29)33-23-16(3)24(28-14-27-23)34-20-7-6-17(13-19(20)26)22(30)21-5-4-12-35-21/h4-7,12-15,18H,8-11H2,1-3H3. The largest absolute Gasteiger partial charge is 0.474 e. The Morgan fingerprint density at radius 1 is 1.14 bits per heavy atom. The van der Waals surface area contributed by atoms with E-state index >= 15 is 0 Å². The quantitative estimate of drug-likeness (QED) is 0.402. The molecule has 3 heterocycles. The predicted molar refractivity (Wildman–Crippen MR) is 128 cm³/mol. The SMILES string of the molecule is Cc1c(Oc2ccc(C(=O)c3cccs3)cc2F)ncnc1OC1CCN(C(=O)OC(C)C)CC1. The monoisotopic (exact) mass is 499 g/mol. The number of ketones is 1. The average molecular weight is 500 g/mol. The van der Waals surface area contributed by atoms with Crippen molar-refractivity contribution in [3.8, 4) is 17.5 Å². The van der Waals surface area contributed by atoms with E-state index in [1.165, 1.54) is 29.8 Å². The second kappa shape index (κ2) is 10.8. The number of thiophene rings is 1. The van der Waals surface area contributed by atoms with Gasteiger partial charge in [0.1, 0.15) is 12.4 Å². The van der Waals surface area contributed by atoms with E-state index in [-0.39, 0.29) is 41.3 Å². The minimum atomic E-state index is -0.673. The highest BCUT2D eigenvalue weighted by molar-refractivity contribution is 7.12. The van der Waals surface area contributed by atoms with Gasteiger partial charge in [0, 0.05) is 31.5 Å². The molecule has 0 unspecified atom stereocenters. The first-order valence-corrected chi connectivity index (χ1v) is 12.2. The lowest BCUT2D eigenvalue weighted by Gasteiger charge is -2.31. The van der Waals surface area contributed by atoms with Gasteiger partial charge in [-0.05, 0) is 50.4 Å². The van der Waals surface area contributed by atoms with E-state index in [9.17, 15) is 14.0 Å². The molecule has 8 nitrogen and oxygen atoms in total. The summed E-state index contributed by atoms with van der Waals surface area (Å²) in [6.45, 7) is 6.40. The fourth-order valence-electron chi connectivity index (χ4n) is 3.61. The molecule has 10 heteroatoms. The van der Waals surface area contributed by atoms with E-state index in [1.54, 1.807) is 29.3 Å². The maximum atomic E-state index is 14.7. The minimum Gasteiger partial charge on any atom is -0.474 e. The Morgan fingerprint density at radius 3 is 2.54 bits per heavy atom. The van der Waals surface area contributed by atoms with Crippen LogP contribution in [0.25, 0.3) is 0 Å². The fraction of sp³-hybridized carbons (Fsp3) is 0.360. The van der Waals surface area contributed by atoms with Gasteiger partial charge in [0.05, 0.1) is 16.5 Å². The van der Waals surface area contributed by atoms with Crippen molar-refractivity contribution in [3.05, 3.63) is 63.9 Å². The summed E-state index contributed by atoms with van der Waals surface area (Å²) in [6, 6.07) is 7.55. The molecule has 0 aliphatic carbocycles. The van der Waals surface area contributed by atoms with Gasteiger partial charge in [-0.2, -0.15) is 0 Å². The summed E-state index contributed by atoms with van der Waals surface area (Å²) in [7, 11) is 0. The first-order chi connectivity index (χ1) is 16.8. The Hall–Kier alpha value is -3.53. The number of carbonyl (C=O) groups is 2. The molecule has 0 radical (unpaired) electrons. The summed E-state index contributed by atoms with van der Waals surface area (Å²) in [5, 5.41) is 1.79. The number of hydrogen-bond acceptors (Lipinski definition) is 8. The van der Waals surface area contributed by atoms with Gasteiger partial charge in [-0.15, -0.1) is 11.3 Å². The average Bonchev–Trinajstić information content (AvgIpc) is 3.37. The maximum Gasteiger partial charge on any atom is 0.410 e. The van der Waals surface area contributed by atoms with Gasteiger partial charge in [0.2, 0.25) is 17.5 Å². The molecule has 0 spiro atoms. The number of hydrogen-bond donors (Lipinski definition) is 0. The van der Waals surface area contributed by atoms with Gasteiger partial charge in [-0.25, -0.2) is 19.2 Å². The van der Waals surface area contributed by atoms with Gasteiger partial charge in [-0.1, -0.05) is 6.07 Å². The number of rotatable bonds is 7. The van der Waals surface area contributed by atoms with Crippen molar-refractivity contribution in [1.29, 1.82) is 0 Å². The molecule has 0 N–H and O–H groups in total. The van der Waals surface area contributed by atoms with Crippen LogP contribution in [0.2, 0.25) is 0 Å². The van der Waals surface area contributed by atoms with Crippen LogP contribution in [0.3, 0.4) is 0 Å². The fourth-order valence-corrected chi connectivity index (χ4v) is 4.30. The van der Waals surface area contributed by atoms with E-state index in [0.29, 0.717) is 42.3 Å². The molecule has 1 aliphatic heterocycles. The molecule has 1 aliphatic rings. The van der Waals surface area contributed by atoms with Crippen LogP contribution in [-0.2, 0) is 4.74 Å². The van der Waals surface area contributed by atoms with E-state index in [1.807, 2.05) is 13.8 Å². The number of halogens is 1. The summed E-state index contributed by atoms with van der Waals surface area (Å²) < 4.78 is 31.7. The lowest BCUT2D eigenvalue weighted by Crippen LogP contribution is -2.42. The van der Waals surface area contributed by atoms with Crippen LogP contribution < -0.4 is 9.47 Å². The Bertz CT molecular complexity index is 1190. The van der Waals surface area contributed by atoms with Crippen LogP contribution in [0, 0.1) is 12.7 Å². The number of amides is 1. The Balaban J connectivity index is 1.40. The molecule has 4 rings (SSSR count). The molecule has 1 saturated heterocycles. The molecule has 3 aromatic rings. The van der Waals surface area contributed by atoms with E-state index in [0.717, 1.165) is 6.07 Å². The third-order valence-corrected chi connectivity index (χ3v) is 6.32. The molecule has 2 aromatic heterocycles. The van der Waals surface area contributed by atoms with Crippen LogP contribution in [-0.4, -0.2) is 52.0 Å².